The van der Waals surface area contributed by atoms with Crippen LogP contribution in [0, 0.1) is 5.92 Å². The third-order valence-corrected chi connectivity index (χ3v) is 2.14. The van der Waals surface area contributed by atoms with Gasteiger partial charge in [-0.2, -0.15) is 35.1 Å². The molecule has 0 saturated carbocycles. The fraction of sp³-hybridized carbons (Fsp3) is 1.00. The lowest BCUT2D eigenvalue weighted by atomic mass is 10.00. The van der Waals surface area contributed by atoms with Crippen molar-refractivity contribution in [3.63, 3.8) is 0 Å². The van der Waals surface area contributed by atoms with Crippen molar-refractivity contribution in [1.82, 2.24) is 0 Å². The third-order valence-electron chi connectivity index (χ3n) is 2.14. The molecule has 19 heavy (non-hydrogen) atoms. The summed E-state index contributed by atoms with van der Waals surface area (Å²) < 4.78 is 106. The Labute approximate surface area is 104 Å². The normalized spacial score (nSPS) is 15.2. The van der Waals surface area contributed by atoms with Crippen molar-refractivity contribution in [3.8, 4) is 0 Å². The van der Waals surface area contributed by atoms with Gasteiger partial charge in [0.2, 0.25) is 0 Å². The lowest BCUT2D eigenvalue weighted by molar-refractivity contribution is -0.368. The Bertz CT molecular complexity index is 294. The van der Waals surface area contributed by atoms with E-state index in [0.717, 1.165) is 0 Å². The summed E-state index contributed by atoms with van der Waals surface area (Å²) in [6.45, 7) is 0.00570. The van der Waals surface area contributed by atoms with Crippen molar-refractivity contribution < 1.29 is 39.9 Å². The maximum atomic E-state index is 13.0. The molecule has 0 bridgehead atoms. The predicted octanol–water partition coefficient (Wildman–Crippen LogP) is 4.22. The van der Waals surface area contributed by atoms with E-state index in [0.29, 0.717) is 0 Å². The van der Waals surface area contributed by atoms with E-state index < -0.39 is 37.2 Å². The van der Waals surface area contributed by atoms with Crippen molar-refractivity contribution in [3.05, 3.63) is 0 Å². The fourth-order valence-electron chi connectivity index (χ4n) is 1.02. The van der Waals surface area contributed by atoms with Crippen LogP contribution in [0.1, 0.15) is 20.8 Å². The first kappa shape index (κ1) is 18.4. The Morgan fingerprint density at radius 3 is 1.58 bits per heavy atom. The van der Waals surface area contributed by atoms with Crippen molar-refractivity contribution >= 4 is 0 Å². The molecular formula is C10H14F8O. The Hall–Kier alpha value is -0.600. The van der Waals surface area contributed by atoms with Gasteiger partial charge in [0.05, 0.1) is 0 Å². The minimum Gasteiger partial charge on any atom is -0.375 e. The SMILES string of the molecule is CC(C)COCC(F)(F)C(F)(F)C(F)(F)C(C)(F)F. The van der Waals surface area contributed by atoms with E-state index in [1.165, 1.54) is 13.8 Å². The molecule has 0 aliphatic carbocycles. The van der Waals surface area contributed by atoms with Crippen molar-refractivity contribution in [2.45, 2.75) is 44.5 Å². The highest BCUT2D eigenvalue weighted by atomic mass is 19.4. The van der Waals surface area contributed by atoms with Crippen LogP contribution in [-0.4, -0.2) is 36.9 Å². The molecule has 0 aliphatic rings. The van der Waals surface area contributed by atoms with Gasteiger partial charge in [0.15, 0.2) is 0 Å². The van der Waals surface area contributed by atoms with Crippen LogP contribution in [0.15, 0.2) is 0 Å². The Balaban J connectivity index is 5.06. The highest BCUT2D eigenvalue weighted by molar-refractivity contribution is 5.02. The fourth-order valence-corrected chi connectivity index (χ4v) is 1.02. The van der Waals surface area contributed by atoms with E-state index in [1.54, 1.807) is 0 Å². The molecule has 0 saturated heterocycles. The van der Waals surface area contributed by atoms with Gasteiger partial charge in [0.25, 0.3) is 0 Å². The molecule has 0 heterocycles. The zero-order valence-corrected chi connectivity index (χ0v) is 10.4. The van der Waals surface area contributed by atoms with Gasteiger partial charge < -0.3 is 4.74 Å². The largest absolute Gasteiger partial charge is 0.380 e. The highest BCUT2D eigenvalue weighted by Crippen LogP contribution is 2.52. The monoisotopic (exact) mass is 302 g/mol. The summed E-state index contributed by atoms with van der Waals surface area (Å²) in [6, 6.07) is 0. The van der Waals surface area contributed by atoms with Gasteiger partial charge in [0.1, 0.15) is 6.61 Å². The quantitative estimate of drug-likeness (QED) is 0.640. The van der Waals surface area contributed by atoms with Crippen molar-refractivity contribution in [1.29, 1.82) is 0 Å². The van der Waals surface area contributed by atoms with Crippen LogP contribution in [0.25, 0.3) is 0 Å². The number of hydrogen-bond donors (Lipinski definition) is 0. The Morgan fingerprint density at radius 2 is 1.26 bits per heavy atom. The minimum absolute atomic E-state index is 0.308. The summed E-state index contributed by atoms with van der Waals surface area (Å²) >= 11 is 0. The molecule has 9 heteroatoms. The van der Waals surface area contributed by atoms with E-state index in [-0.39, 0.29) is 12.5 Å². The summed E-state index contributed by atoms with van der Waals surface area (Å²) in [5, 5.41) is 0. The van der Waals surface area contributed by atoms with Gasteiger partial charge >= 0.3 is 23.7 Å². The minimum atomic E-state index is -6.23. The predicted molar refractivity (Wildman–Crippen MR) is 51.1 cm³/mol. The molecule has 0 spiro atoms. The van der Waals surface area contributed by atoms with Gasteiger partial charge in [-0.1, -0.05) is 13.8 Å². The second kappa shape index (κ2) is 5.41. The van der Waals surface area contributed by atoms with Gasteiger partial charge in [-0.3, -0.25) is 0 Å². The van der Waals surface area contributed by atoms with Gasteiger partial charge in [-0.15, -0.1) is 0 Å². The lowest BCUT2D eigenvalue weighted by Crippen LogP contribution is -2.62. The summed E-state index contributed by atoms with van der Waals surface area (Å²) in [6.07, 6.45) is 0. The highest BCUT2D eigenvalue weighted by Gasteiger charge is 2.79. The van der Waals surface area contributed by atoms with Crippen LogP contribution in [0.4, 0.5) is 35.1 Å². The summed E-state index contributed by atoms with van der Waals surface area (Å²) in [5.41, 5.74) is 0. The second-order valence-electron chi connectivity index (χ2n) is 4.65. The molecular weight excluding hydrogens is 288 g/mol. The second-order valence-corrected chi connectivity index (χ2v) is 4.65. The van der Waals surface area contributed by atoms with Crippen LogP contribution >= 0.6 is 0 Å². The molecule has 0 N–H and O–H groups in total. The number of alkyl halides is 8. The molecule has 0 aromatic rings. The van der Waals surface area contributed by atoms with Crippen molar-refractivity contribution in [2.24, 2.45) is 5.92 Å². The third kappa shape index (κ3) is 3.70. The van der Waals surface area contributed by atoms with Gasteiger partial charge in [-0.25, -0.2) is 0 Å². The average molecular weight is 302 g/mol. The molecule has 0 aromatic carbocycles. The van der Waals surface area contributed by atoms with E-state index in [9.17, 15) is 35.1 Å². The number of ether oxygens (including phenoxy) is 1. The molecule has 0 amide bonds. The first-order chi connectivity index (χ1) is 8.17. The molecule has 0 aliphatic heterocycles. The lowest BCUT2D eigenvalue weighted by Gasteiger charge is -2.35. The van der Waals surface area contributed by atoms with Gasteiger partial charge in [-0.05, 0) is 5.92 Å². The molecule has 0 rings (SSSR count). The van der Waals surface area contributed by atoms with Crippen LogP contribution in [0.2, 0.25) is 0 Å². The standard InChI is InChI=1S/C10H14F8O/c1-6(2)4-19-5-8(13,14)10(17,18)9(15,16)7(3,11)12/h6H,4-5H2,1-3H3. The van der Waals surface area contributed by atoms with Crippen LogP contribution < -0.4 is 0 Å². The molecule has 1 nitrogen and oxygen atoms in total. The van der Waals surface area contributed by atoms with E-state index in [2.05, 4.69) is 4.74 Å². The summed E-state index contributed by atoms with van der Waals surface area (Å²) in [7, 11) is 0. The smallest absolute Gasteiger partial charge is 0.375 e. The average Bonchev–Trinajstić information content (AvgIpc) is 2.14. The summed E-state index contributed by atoms with van der Waals surface area (Å²) in [4.78, 5) is 0. The first-order valence-corrected chi connectivity index (χ1v) is 5.26. The zero-order chi connectivity index (χ0) is 15.7. The molecule has 0 aromatic heterocycles. The molecule has 0 radical (unpaired) electrons. The number of hydrogen-bond acceptors (Lipinski definition) is 1. The number of rotatable bonds is 7. The Kier molecular flexibility index (Phi) is 5.24. The van der Waals surface area contributed by atoms with E-state index in [1.807, 2.05) is 0 Å². The molecule has 0 atom stereocenters. The number of halogens is 8. The summed E-state index contributed by atoms with van der Waals surface area (Å²) in [5.74, 6) is -23.4. The first-order valence-electron chi connectivity index (χ1n) is 5.26. The maximum absolute atomic E-state index is 13.0. The van der Waals surface area contributed by atoms with E-state index in [4.69, 9.17) is 0 Å². The molecule has 116 valence electrons. The van der Waals surface area contributed by atoms with Gasteiger partial charge in [0, 0.05) is 13.5 Å². The van der Waals surface area contributed by atoms with Crippen molar-refractivity contribution in [2.75, 3.05) is 13.2 Å². The topological polar surface area (TPSA) is 9.23 Å². The maximum Gasteiger partial charge on any atom is 0.380 e. The van der Waals surface area contributed by atoms with E-state index >= 15 is 0 Å². The Morgan fingerprint density at radius 1 is 0.842 bits per heavy atom. The molecule has 0 fully saturated rings. The van der Waals surface area contributed by atoms with Crippen LogP contribution in [0.3, 0.4) is 0 Å². The van der Waals surface area contributed by atoms with Crippen LogP contribution in [-0.2, 0) is 4.74 Å². The van der Waals surface area contributed by atoms with Crippen LogP contribution in [0.5, 0.6) is 0 Å². The molecule has 0 unspecified atom stereocenters. The zero-order valence-electron chi connectivity index (χ0n) is 10.4.